The fraction of sp³-hybridized carbons (Fsp3) is 0.812. The second-order valence-electron chi connectivity index (χ2n) is 6.29. The van der Waals surface area contributed by atoms with E-state index in [0.717, 1.165) is 43.7 Å². The summed E-state index contributed by atoms with van der Waals surface area (Å²) in [7, 11) is 3.51. The summed E-state index contributed by atoms with van der Waals surface area (Å²) in [5.41, 5.74) is 0. The van der Waals surface area contributed by atoms with Crippen molar-refractivity contribution in [1.29, 1.82) is 0 Å². The van der Waals surface area contributed by atoms with Gasteiger partial charge in [0.25, 0.3) is 0 Å². The summed E-state index contributed by atoms with van der Waals surface area (Å²) < 4.78 is 13.2. The molecule has 0 bridgehead atoms. The first-order valence-electron chi connectivity index (χ1n) is 8.79. The molecule has 0 aliphatic carbocycles. The first-order valence-corrected chi connectivity index (χ1v) is 8.79. The van der Waals surface area contributed by atoms with E-state index >= 15 is 0 Å². The summed E-state index contributed by atoms with van der Waals surface area (Å²) in [6, 6.07) is 0. The number of hydrogen-bond acceptors (Lipinski definition) is 5. The number of methoxy groups -OCH3 is 1. The van der Waals surface area contributed by atoms with E-state index in [4.69, 9.17) is 9.47 Å². The van der Waals surface area contributed by atoms with E-state index in [9.17, 15) is 0 Å². The number of nitrogens with zero attached hydrogens (tertiary/aromatic N) is 5. The first kappa shape index (κ1) is 17.2. The number of aryl methyl sites for hydroxylation is 1. The molecule has 0 aromatic carbocycles. The zero-order chi connectivity index (χ0) is 16.8. The molecular formula is C16H28N6O2. The minimum atomic E-state index is 0.0895. The number of hydrogen-bond donors (Lipinski definition) is 1. The van der Waals surface area contributed by atoms with Crippen molar-refractivity contribution in [3.63, 3.8) is 0 Å². The molecule has 0 saturated carbocycles. The van der Waals surface area contributed by atoms with E-state index in [0.29, 0.717) is 19.8 Å². The molecule has 2 aliphatic heterocycles. The average Bonchev–Trinajstić information content (AvgIpc) is 2.83. The van der Waals surface area contributed by atoms with Gasteiger partial charge in [0, 0.05) is 40.2 Å². The summed E-state index contributed by atoms with van der Waals surface area (Å²) >= 11 is 0. The summed E-state index contributed by atoms with van der Waals surface area (Å²) in [4.78, 5) is 6.63. The minimum absolute atomic E-state index is 0.0895. The largest absolute Gasteiger partial charge is 0.382 e. The zero-order valence-electron chi connectivity index (χ0n) is 14.7. The van der Waals surface area contributed by atoms with Crippen molar-refractivity contribution in [2.75, 3.05) is 40.5 Å². The average molecular weight is 336 g/mol. The van der Waals surface area contributed by atoms with Gasteiger partial charge in [0.05, 0.1) is 25.9 Å². The van der Waals surface area contributed by atoms with Gasteiger partial charge in [0.15, 0.2) is 11.8 Å². The van der Waals surface area contributed by atoms with Crippen LogP contribution in [0.25, 0.3) is 0 Å². The number of nitrogens with one attached hydrogen (secondary N) is 1. The van der Waals surface area contributed by atoms with Gasteiger partial charge in [-0.25, -0.2) is 0 Å². The van der Waals surface area contributed by atoms with Gasteiger partial charge >= 0.3 is 0 Å². The summed E-state index contributed by atoms with van der Waals surface area (Å²) in [5, 5.41) is 12.2. The van der Waals surface area contributed by atoms with Crippen LogP contribution in [0.5, 0.6) is 0 Å². The van der Waals surface area contributed by atoms with Crippen LogP contribution in [0, 0.1) is 0 Å². The molecule has 3 heterocycles. The Morgan fingerprint density at radius 2 is 2.25 bits per heavy atom. The van der Waals surface area contributed by atoms with E-state index < -0.39 is 0 Å². The highest BCUT2D eigenvalue weighted by molar-refractivity contribution is 5.79. The molecule has 1 N–H and O–H groups in total. The van der Waals surface area contributed by atoms with Crippen molar-refractivity contribution in [2.45, 2.75) is 44.9 Å². The maximum Gasteiger partial charge on any atom is 0.194 e. The molecule has 0 amide bonds. The lowest BCUT2D eigenvalue weighted by Crippen LogP contribution is -2.51. The number of rotatable bonds is 4. The van der Waals surface area contributed by atoms with Crippen LogP contribution in [0.3, 0.4) is 0 Å². The number of aliphatic imine (C=N–C) groups is 1. The van der Waals surface area contributed by atoms with Crippen LogP contribution in [-0.2, 0) is 29.0 Å². The van der Waals surface area contributed by atoms with E-state index in [-0.39, 0.29) is 6.10 Å². The molecule has 0 spiro atoms. The molecule has 1 saturated heterocycles. The van der Waals surface area contributed by atoms with Gasteiger partial charge in [-0.1, -0.05) is 6.42 Å². The summed E-state index contributed by atoms with van der Waals surface area (Å²) in [5.74, 6) is 2.99. The third kappa shape index (κ3) is 4.05. The predicted octanol–water partition coefficient (Wildman–Crippen LogP) is 0.427. The number of guanidine groups is 1. The van der Waals surface area contributed by atoms with Gasteiger partial charge < -0.3 is 24.3 Å². The Morgan fingerprint density at radius 1 is 1.33 bits per heavy atom. The lowest BCUT2D eigenvalue weighted by Gasteiger charge is -2.34. The highest BCUT2D eigenvalue weighted by Crippen LogP contribution is 2.14. The number of aromatic nitrogens is 3. The lowest BCUT2D eigenvalue weighted by molar-refractivity contribution is -0.0447. The Bertz CT molecular complexity index is 557. The molecule has 1 aromatic heterocycles. The van der Waals surface area contributed by atoms with Crippen molar-refractivity contribution in [2.24, 2.45) is 4.99 Å². The normalized spacial score (nSPS) is 22.2. The van der Waals surface area contributed by atoms with E-state index in [1.54, 1.807) is 7.11 Å². The van der Waals surface area contributed by atoms with Crippen molar-refractivity contribution < 1.29 is 9.47 Å². The molecule has 8 heteroatoms. The zero-order valence-corrected chi connectivity index (χ0v) is 14.7. The molecule has 1 fully saturated rings. The Labute approximate surface area is 143 Å². The maximum atomic E-state index is 5.71. The van der Waals surface area contributed by atoms with Gasteiger partial charge in [-0.05, 0) is 12.8 Å². The van der Waals surface area contributed by atoms with Crippen molar-refractivity contribution in [1.82, 2.24) is 25.0 Å². The first-order chi connectivity index (χ1) is 11.8. The quantitative estimate of drug-likeness (QED) is 0.635. The molecule has 1 atom stereocenters. The number of fused-ring (bicyclic) bond motifs is 1. The lowest BCUT2D eigenvalue weighted by atomic mass is 10.2. The molecule has 1 aromatic rings. The Morgan fingerprint density at radius 3 is 3.08 bits per heavy atom. The predicted molar refractivity (Wildman–Crippen MR) is 91.0 cm³/mol. The van der Waals surface area contributed by atoms with Crippen LogP contribution < -0.4 is 5.32 Å². The minimum Gasteiger partial charge on any atom is -0.382 e. The SMILES string of the molecule is CN=C(NCc1nnc2n1CCCCC2)N1CCOC(COC)C1. The molecule has 134 valence electrons. The number of ether oxygens (including phenoxy) is 2. The topological polar surface area (TPSA) is 76.8 Å². The molecule has 24 heavy (non-hydrogen) atoms. The van der Waals surface area contributed by atoms with E-state index in [1.165, 1.54) is 19.3 Å². The smallest absolute Gasteiger partial charge is 0.194 e. The molecule has 2 aliphatic rings. The van der Waals surface area contributed by atoms with Crippen LogP contribution in [0.4, 0.5) is 0 Å². The van der Waals surface area contributed by atoms with Gasteiger partial charge in [-0.3, -0.25) is 4.99 Å². The van der Waals surface area contributed by atoms with Crippen LogP contribution in [0.2, 0.25) is 0 Å². The highest BCUT2D eigenvalue weighted by atomic mass is 16.5. The van der Waals surface area contributed by atoms with Crippen molar-refractivity contribution in [3.05, 3.63) is 11.6 Å². The fourth-order valence-electron chi connectivity index (χ4n) is 3.36. The monoisotopic (exact) mass is 336 g/mol. The van der Waals surface area contributed by atoms with Crippen LogP contribution >= 0.6 is 0 Å². The van der Waals surface area contributed by atoms with Crippen molar-refractivity contribution in [3.8, 4) is 0 Å². The van der Waals surface area contributed by atoms with Gasteiger partial charge in [0.1, 0.15) is 5.82 Å². The van der Waals surface area contributed by atoms with Crippen LogP contribution in [-0.4, -0.2) is 72.2 Å². The maximum absolute atomic E-state index is 5.71. The van der Waals surface area contributed by atoms with E-state index in [1.807, 2.05) is 7.05 Å². The third-order valence-electron chi connectivity index (χ3n) is 4.59. The Hall–Kier alpha value is -1.67. The summed E-state index contributed by atoms with van der Waals surface area (Å²) in [6.07, 6.45) is 4.81. The molecular weight excluding hydrogens is 308 g/mol. The highest BCUT2D eigenvalue weighted by Gasteiger charge is 2.23. The molecule has 8 nitrogen and oxygen atoms in total. The second kappa shape index (κ2) is 8.43. The van der Waals surface area contributed by atoms with Crippen molar-refractivity contribution >= 4 is 5.96 Å². The molecule has 1 unspecified atom stereocenters. The Balaban J connectivity index is 1.59. The van der Waals surface area contributed by atoms with E-state index in [2.05, 4.69) is 30.0 Å². The fourth-order valence-corrected chi connectivity index (χ4v) is 3.36. The molecule has 3 rings (SSSR count). The summed E-state index contributed by atoms with van der Waals surface area (Å²) in [6.45, 7) is 4.57. The van der Waals surface area contributed by atoms with Gasteiger partial charge in [0.2, 0.25) is 0 Å². The number of morpholine rings is 1. The molecule has 0 radical (unpaired) electrons. The van der Waals surface area contributed by atoms with Gasteiger partial charge in [-0.15, -0.1) is 10.2 Å². The van der Waals surface area contributed by atoms with Crippen LogP contribution in [0.15, 0.2) is 4.99 Å². The van der Waals surface area contributed by atoms with Gasteiger partial charge in [-0.2, -0.15) is 0 Å². The Kier molecular flexibility index (Phi) is 6.03. The third-order valence-corrected chi connectivity index (χ3v) is 4.59. The second-order valence-corrected chi connectivity index (χ2v) is 6.29. The standard InChI is InChI=1S/C16H28N6O2/c1-17-16(21-8-9-24-13(11-21)12-23-2)18-10-15-20-19-14-6-4-3-5-7-22(14)15/h13H,3-12H2,1-2H3,(H,17,18). The van der Waals surface area contributed by atoms with Crippen LogP contribution in [0.1, 0.15) is 30.9 Å².